The fourth-order valence-corrected chi connectivity index (χ4v) is 3.34. The van der Waals surface area contributed by atoms with Gasteiger partial charge < -0.3 is 5.73 Å². The molecule has 0 radical (unpaired) electrons. The number of aryl methyl sites for hydroxylation is 1. The van der Waals surface area contributed by atoms with E-state index in [2.05, 4.69) is 41.4 Å². The highest BCUT2D eigenvalue weighted by Crippen LogP contribution is 2.38. The van der Waals surface area contributed by atoms with Crippen LogP contribution in [0.1, 0.15) is 55.7 Å². The highest BCUT2D eigenvalue weighted by atomic mass is 15.2. The quantitative estimate of drug-likeness (QED) is 0.794. The van der Waals surface area contributed by atoms with Crippen LogP contribution >= 0.6 is 0 Å². The van der Waals surface area contributed by atoms with Gasteiger partial charge in [-0.05, 0) is 25.3 Å². The molecule has 0 unspecified atom stereocenters. The molecular weight excluding hydrogens is 246 g/mol. The van der Waals surface area contributed by atoms with Gasteiger partial charge in [0.1, 0.15) is 0 Å². The molecule has 0 bridgehead atoms. The van der Waals surface area contributed by atoms with Gasteiger partial charge in [-0.3, -0.25) is 5.10 Å². The number of hydrogen-bond acceptors (Lipinski definition) is 2. The number of hydrogen-bond donors (Lipinski definition) is 2. The number of aromatic nitrogens is 2. The molecule has 3 N–H and O–H groups in total. The summed E-state index contributed by atoms with van der Waals surface area (Å²) in [6.07, 6.45) is 7.86. The number of nitrogen functional groups attached to an aromatic ring is 1. The van der Waals surface area contributed by atoms with Gasteiger partial charge in [-0.2, -0.15) is 5.10 Å². The number of anilines is 1. The molecular formula is C17H23N3. The zero-order chi connectivity index (χ0) is 13.9. The first kappa shape index (κ1) is 13.2. The zero-order valence-electron chi connectivity index (χ0n) is 12.2. The summed E-state index contributed by atoms with van der Waals surface area (Å²) >= 11 is 0. The van der Waals surface area contributed by atoms with E-state index in [-0.39, 0.29) is 0 Å². The molecule has 0 atom stereocenters. The SMILES string of the molecule is Cc1cccc(-c2c(N)n[nH]c2C2CCCCCC2)c1. The number of benzene rings is 1. The number of nitrogens with one attached hydrogen (secondary N) is 1. The average Bonchev–Trinajstić information content (AvgIpc) is 2.65. The van der Waals surface area contributed by atoms with E-state index in [0.717, 1.165) is 5.56 Å². The molecule has 3 nitrogen and oxygen atoms in total. The molecule has 1 saturated carbocycles. The van der Waals surface area contributed by atoms with Gasteiger partial charge in [-0.25, -0.2) is 0 Å². The van der Waals surface area contributed by atoms with Crippen molar-refractivity contribution in [3.8, 4) is 11.1 Å². The number of nitrogens with two attached hydrogens (primary N) is 1. The minimum absolute atomic E-state index is 0.581. The molecule has 1 heterocycles. The maximum absolute atomic E-state index is 6.13. The Kier molecular flexibility index (Phi) is 3.77. The summed E-state index contributed by atoms with van der Waals surface area (Å²) in [6, 6.07) is 8.54. The smallest absolute Gasteiger partial charge is 0.153 e. The van der Waals surface area contributed by atoms with Crippen LogP contribution in [0.15, 0.2) is 24.3 Å². The monoisotopic (exact) mass is 269 g/mol. The van der Waals surface area contributed by atoms with Crippen molar-refractivity contribution < 1.29 is 0 Å². The molecule has 0 amide bonds. The van der Waals surface area contributed by atoms with Crippen LogP contribution in [0.4, 0.5) is 5.82 Å². The topological polar surface area (TPSA) is 54.7 Å². The predicted octanol–water partition coefficient (Wildman–Crippen LogP) is 4.41. The Morgan fingerprint density at radius 2 is 1.90 bits per heavy atom. The molecule has 106 valence electrons. The fraction of sp³-hybridized carbons (Fsp3) is 0.471. The van der Waals surface area contributed by atoms with E-state index in [9.17, 15) is 0 Å². The van der Waals surface area contributed by atoms with Crippen LogP contribution in [0.5, 0.6) is 0 Å². The molecule has 20 heavy (non-hydrogen) atoms. The van der Waals surface area contributed by atoms with Gasteiger partial charge in [0.2, 0.25) is 0 Å². The second kappa shape index (κ2) is 5.70. The van der Waals surface area contributed by atoms with Crippen molar-refractivity contribution in [2.45, 2.75) is 51.4 Å². The van der Waals surface area contributed by atoms with Crippen LogP contribution in [0.2, 0.25) is 0 Å². The number of H-pyrrole nitrogens is 1. The van der Waals surface area contributed by atoms with E-state index in [0.29, 0.717) is 11.7 Å². The maximum Gasteiger partial charge on any atom is 0.153 e. The summed E-state index contributed by atoms with van der Waals surface area (Å²) in [4.78, 5) is 0. The first-order chi connectivity index (χ1) is 9.75. The second-order valence-corrected chi connectivity index (χ2v) is 5.96. The lowest BCUT2D eigenvalue weighted by molar-refractivity contribution is 0.577. The Labute approximate surface area is 120 Å². The van der Waals surface area contributed by atoms with Crippen LogP contribution < -0.4 is 5.73 Å². The normalized spacial score (nSPS) is 17.1. The van der Waals surface area contributed by atoms with Crippen LogP contribution in [0.25, 0.3) is 11.1 Å². The van der Waals surface area contributed by atoms with Crippen LogP contribution in [0.3, 0.4) is 0 Å². The van der Waals surface area contributed by atoms with Crippen molar-refractivity contribution >= 4 is 5.82 Å². The van der Waals surface area contributed by atoms with Crippen LogP contribution in [-0.4, -0.2) is 10.2 Å². The largest absolute Gasteiger partial charge is 0.382 e. The predicted molar refractivity (Wildman–Crippen MR) is 83.6 cm³/mol. The Hall–Kier alpha value is -1.77. The van der Waals surface area contributed by atoms with Gasteiger partial charge in [0.15, 0.2) is 5.82 Å². The molecule has 2 aromatic rings. The van der Waals surface area contributed by atoms with E-state index in [4.69, 9.17) is 5.73 Å². The van der Waals surface area contributed by atoms with Gasteiger partial charge in [0.25, 0.3) is 0 Å². The van der Waals surface area contributed by atoms with Crippen LogP contribution in [0, 0.1) is 6.92 Å². The Bertz CT molecular complexity index is 578. The average molecular weight is 269 g/mol. The molecule has 0 spiro atoms. The van der Waals surface area contributed by atoms with Crippen molar-refractivity contribution in [3.05, 3.63) is 35.5 Å². The van der Waals surface area contributed by atoms with Gasteiger partial charge >= 0.3 is 0 Å². The molecule has 3 rings (SSSR count). The summed E-state index contributed by atoms with van der Waals surface area (Å²) < 4.78 is 0. The van der Waals surface area contributed by atoms with E-state index >= 15 is 0 Å². The van der Waals surface area contributed by atoms with Crippen LogP contribution in [-0.2, 0) is 0 Å². The lowest BCUT2D eigenvalue weighted by Crippen LogP contribution is -2.00. The lowest BCUT2D eigenvalue weighted by atomic mass is 9.91. The van der Waals surface area contributed by atoms with Crippen molar-refractivity contribution in [3.63, 3.8) is 0 Å². The second-order valence-electron chi connectivity index (χ2n) is 5.96. The highest BCUT2D eigenvalue weighted by molar-refractivity contribution is 5.77. The summed E-state index contributed by atoms with van der Waals surface area (Å²) in [7, 11) is 0. The van der Waals surface area contributed by atoms with Gasteiger partial charge in [0, 0.05) is 17.2 Å². The standard InChI is InChI=1S/C17H23N3/c1-12-7-6-10-14(11-12)15-16(19-20-17(15)18)13-8-4-2-3-5-9-13/h6-7,10-11,13H,2-5,8-9H2,1H3,(H3,18,19,20). The molecule has 1 aliphatic rings. The third kappa shape index (κ3) is 2.58. The highest BCUT2D eigenvalue weighted by Gasteiger charge is 2.22. The first-order valence-corrected chi connectivity index (χ1v) is 7.66. The van der Waals surface area contributed by atoms with Gasteiger partial charge in [-0.15, -0.1) is 0 Å². The summed E-state index contributed by atoms with van der Waals surface area (Å²) in [5.74, 6) is 1.22. The summed E-state index contributed by atoms with van der Waals surface area (Å²) in [6.45, 7) is 2.12. The minimum atomic E-state index is 0.581. The van der Waals surface area contributed by atoms with E-state index in [1.807, 2.05) is 0 Å². The van der Waals surface area contributed by atoms with E-state index in [1.165, 1.54) is 55.3 Å². The third-order valence-corrected chi connectivity index (χ3v) is 4.39. The van der Waals surface area contributed by atoms with Crippen molar-refractivity contribution in [2.24, 2.45) is 0 Å². The fourth-order valence-electron chi connectivity index (χ4n) is 3.34. The molecule has 1 aromatic carbocycles. The molecule has 1 aromatic heterocycles. The number of aromatic amines is 1. The first-order valence-electron chi connectivity index (χ1n) is 7.66. The van der Waals surface area contributed by atoms with Crippen molar-refractivity contribution in [1.29, 1.82) is 0 Å². The zero-order valence-corrected chi connectivity index (χ0v) is 12.2. The summed E-state index contributed by atoms with van der Waals surface area (Å²) in [5.41, 5.74) is 10.9. The third-order valence-electron chi connectivity index (χ3n) is 4.39. The van der Waals surface area contributed by atoms with Crippen molar-refractivity contribution in [1.82, 2.24) is 10.2 Å². The molecule has 0 aliphatic heterocycles. The minimum Gasteiger partial charge on any atom is -0.382 e. The van der Waals surface area contributed by atoms with Gasteiger partial charge in [0.05, 0.1) is 0 Å². The number of nitrogens with zero attached hydrogens (tertiary/aromatic N) is 1. The van der Waals surface area contributed by atoms with Crippen molar-refractivity contribution in [2.75, 3.05) is 5.73 Å². The molecule has 1 aliphatic carbocycles. The van der Waals surface area contributed by atoms with Gasteiger partial charge in [-0.1, -0.05) is 55.5 Å². The molecule has 3 heteroatoms. The van der Waals surface area contributed by atoms with E-state index in [1.54, 1.807) is 0 Å². The Morgan fingerprint density at radius 1 is 1.15 bits per heavy atom. The summed E-state index contributed by atoms with van der Waals surface area (Å²) in [5, 5.41) is 7.50. The molecule has 0 saturated heterocycles. The lowest BCUT2D eigenvalue weighted by Gasteiger charge is -2.15. The van der Waals surface area contributed by atoms with E-state index < -0.39 is 0 Å². The Morgan fingerprint density at radius 3 is 2.60 bits per heavy atom. The Balaban J connectivity index is 2.00. The molecule has 1 fully saturated rings. The maximum atomic E-state index is 6.13. The number of rotatable bonds is 2.